The van der Waals surface area contributed by atoms with Gasteiger partial charge in [-0.05, 0) is 44.9 Å². The summed E-state index contributed by atoms with van der Waals surface area (Å²) in [5.41, 5.74) is 0.438. The standard InChI is InChI=1S/C18H24ClNO4/c1-18(2,3)24-17(22)20-9-8-15(12-20)23-16-11-14(19)7-6-13(16)5-4-10-21/h6-7,10-11,15H,4-5,8-9,12H2,1-3H3. The van der Waals surface area contributed by atoms with Gasteiger partial charge in [0.05, 0.1) is 6.54 Å². The van der Waals surface area contributed by atoms with Crippen molar-refractivity contribution in [3.63, 3.8) is 0 Å². The molecule has 1 aliphatic rings. The summed E-state index contributed by atoms with van der Waals surface area (Å²) in [6, 6.07) is 5.43. The van der Waals surface area contributed by atoms with Gasteiger partial charge in [0, 0.05) is 24.4 Å². The van der Waals surface area contributed by atoms with E-state index < -0.39 is 5.60 Å². The van der Waals surface area contributed by atoms with Crippen molar-refractivity contribution in [3.8, 4) is 5.75 Å². The van der Waals surface area contributed by atoms with Gasteiger partial charge in [-0.1, -0.05) is 17.7 Å². The van der Waals surface area contributed by atoms with E-state index in [0.29, 0.717) is 36.7 Å². The van der Waals surface area contributed by atoms with Crippen LogP contribution in [0.3, 0.4) is 0 Å². The first kappa shape index (κ1) is 18.6. The predicted octanol–water partition coefficient (Wildman–Crippen LogP) is 3.86. The summed E-state index contributed by atoms with van der Waals surface area (Å²) in [5, 5.41) is 0.585. The fourth-order valence-corrected chi connectivity index (χ4v) is 2.72. The zero-order valence-corrected chi connectivity index (χ0v) is 15.1. The number of aldehydes is 1. The van der Waals surface area contributed by atoms with Gasteiger partial charge in [-0.25, -0.2) is 4.79 Å². The number of rotatable bonds is 5. The van der Waals surface area contributed by atoms with Crippen molar-refractivity contribution in [2.24, 2.45) is 0 Å². The molecule has 1 aliphatic heterocycles. The first-order chi connectivity index (χ1) is 11.3. The quantitative estimate of drug-likeness (QED) is 0.754. The number of hydrogen-bond donors (Lipinski definition) is 0. The molecule has 1 aromatic carbocycles. The Morgan fingerprint density at radius 1 is 1.42 bits per heavy atom. The SMILES string of the molecule is CC(C)(C)OC(=O)N1CCC(Oc2cc(Cl)ccc2CCC=O)C1. The number of aryl methyl sites for hydroxylation is 1. The van der Waals surface area contributed by atoms with Crippen LogP contribution in [0.15, 0.2) is 18.2 Å². The molecular formula is C18H24ClNO4. The van der Waals surface area contributed by atoms with Gasteiger partial charge in [-0.2, -0.15) is 0 Å². The highest BCUT2D eigenvalue weighted by Gasteiger charge is 2.31. The van der Waals surface area contributed by atoms with Crippen LogP contribution in [0.2, 0.25) is 5.02 Å². The van der Waals surface area contributed by atoms with Crippen LogP contribution in [0.4, 0.5) is 4.79 Å². The van der Waals surface area contributed by atoms with Gasteiger partial charge in [-0.3, -0.25) is 0 Å². The monoisotopic (exact) mass is 353 g/mol. The van der Waals surface area contributed by atoms with Gasteiger partial charge in [0.1, 0.15) is 23.7 Å². The van der Waals surface area contributed by atoms with Crippen LogP contribution < -0.4 is 4.74 Å². The number of halogens is 1. The van der Waals surface area contributed by atoms with Crippen molar-refractivity contribution in [3.05, 3.63) is 28.8 Å². The van der Waals surface area contributed by atoms with Crippen molar-refractivity contribution in [2.45, 2.75) is 51.7 Å². The molecule has 1 heterocycles. The van der Waals surface area contributed by atoms with Crippen molar-refractivity contribution in [1.82, 2.24) is 4.90 Å². The lowest BCUT2D eigenvalue weighted by Crippen LogP contribution is -2.36. The molecule has 0 aromatic heterocycles. The van der Waals surface area contributed by atoms with Crippen molar-refractivity contribution >= 4 is 24.0 Å². The van der Waals surface area contributed by atoms with Gasteiger partial charge in [-0.15, -0.1) is 0 Å². The normalized spacial score (nSPS) is 17.7. The minimum absolute atomic E-state index is 0.106. The molecule has 1 aromatic rings. The van der Waals surface area contributed by atoms with E-state index in [2.05, 4.69) is 0 Å². The van der Waals surface area contributed by atoms with Crippen LogP contribution in [0.1, 0.15) is 39.2 Å². The second-order valence-electron chi connectivity index (χ2n) is 6.91. The Hall–Kier alpha value is -1.75. The van der Waals surface area contributed by atoms with Gasteiger partial charge in [0.15, 0.2) is 0 Å². The molecule has 0 spiro atoms. The highest BCUT2D eigenvalue weighted by molar-refractivity contribution is 6.30. The molecule has 1 saturated heterocycles. The molecule has 0 bridgehead atoms. The van der Waals surface area contributed by atoms with E-state index >= 15 is 0 Å². The molecule has 0 radical (unpaired) electrons. The number of benzene rings is 1. The Morgan fingerprint density at radius 3 is 2.83 bits per heavy atom. The first-order valence-corrected chi connectivity index (χ1v) is 8.53. The van der Waals surface area contributed by atoms with Crippen LogP contribution in [0.5, 0.6) is 5.75 Å². The molecule has 1 unspecified atom stereocenters. The molecule has 0 N–H and O–H groups in total. The summed E-state index contributed by atoms with van der Waals surface area (Å²) in [5.74, 6) is 0.681. The van der Waals surface area contributed by atoms with Crippen LogP contribution in [0, 0.1) is 0 Å². The van der Waals surface area contributed by atoms with Crippen molar-refractivity contribution in [1.29, 1.82) is 0 Å². The number of carbonyl (C=O) groups is 2. The highest BCUT2D eigenvalue weighted by atomic mass is 35.5. The zero-order chi connectivity index (χ0) is 17.7. The summed E-state index contributed by atoms with van der Waals surface area (Å²) >= 11 is 6.05. The molecule has 1 fully saturated rings. The third kappa shape index (κ3) is 5.41. The molecule has 5 nitrogen and oxygen atoms in total. The number of hydrogen-bond acceptors (Lipinski definition) is 4. The number of nitrogens with zero attached hydrogens (tertiary/aromatic N) is 1. The van der Waals surface area contributed by atoms with E-state index in [1.165, 1.54) is 0 Å². The second kappa shape index (κ2) is 7.88. The predicted molar refractivity (Wildman–Crippen MR) is 92.7 cm³/mol. The lowest BCUT2D eigenvalue weighted by atomic mass is 10.1. The topological polar surface area (TPSA) is 55.8 Å². The number of likely N-dealkylation sites (tertiary alicyclic amines) is 1. The van der Waals surface area contributed by atoms with E-state index in [0.717, 1.165) is 18.3 Å². The fourth-order valence-electron chi connectivity index (χ4n) is 2.56. The summed E-state index contributed by atoms with van der Waals surface area (Å²) in [4.78, 5) is 24.4. The van der Waals surface area contributed by atoms with Crippen LogP contribution in [0.25, 0.3) is 0 Å². The van der Waals surface area contributed by atoms with E-state index in [-0.39, 0.29) is 12.2 Å². The molecule has 24 heavy (non-hydrogen) atoms. The summed E-state index contributed by atoms with van der Waals surface area (Å²) in [6.45, 7) is 6.62. The molecule has 132 valence electrons. The molecule has 2 rings (SSSR count). The van der Waals surface area contributed by atoms with Crippen LogP contribution in [-0.2, 0) is 16.0 Å². The van der Waals surface area contributed by atoms with Gasteiger partial charge < -0.3 is 19.2 Å². The molecule has 1 atom stereocenters. The summed E-state index contributed by atoms with van der Waals surface area (Å²) < 4.78 is 11.4. The summed E-state index contributed by atoms with van der Waals surface area (Å²) in [6.07, 6.45) is 2.24. The van der Waals surface area contributed by atoms with E-state index in [9.17, 15) is 9.59 Å². The summed E-state index contributed by atoms with van der Waals surface area (Å²) in [7, 11) is 0. The fraction of sp³-hybridized carbons (Fsp3) is 0.556. The first-order valence-electron chi connectivity index (χ1n) is 8.15. The molecule has 1 amide bonds. The molecule has 0 saturated carbocycles. The Labute approximate surface area is 147 Å². The van der Waals surface area contributed by atoms with Gasteiger partial charge >= 0.3 is 6.09 Å². The lowest BCUT2D eigenvalue weighted by molar-refractivity contribution is -0.107. The largest absolute Gasteiger partial charge is 0.488 e. The molecular weight excluding hydrogens is 330 g/mol. The molecule has 0 aliphatic carbocycles. The van der Waals surface area contributed by atoms with Crippen LogP contribution in [-0.4, -0.2) is 42.1 Å². The Morgan fingerprint density at radius 2 is 2.17 bits per heavy atom. The highest BCUT2D eigenvalue weighted by Crippen LogP contribution is 2.27. The zero-order valence-electron chi connectivity index (χ0n) is 14.4. The average Bonchev–Trinajstić information content (AvgIpc) is 2.93. The van der Waals surface area contributed by atoms with E-state index in [1.54, 1.807) is 17.0 Å². The Kier molecular flexibility index (Phi) is 6.10. The Bertz CT molecular complexity index is 597. The number of carbonyl (C=O) groups excluding carboxylic acids is 2. The maximum absolute atomic E-state index is 12.1. The van der Waals surface area contributed by atoms with Crippen molar-refractivity contribution in [2.75, 3.05) is 13.1 Å². The smallest absolute Gasteiger partial charge is 0.410 e. The third-order valence-electron chi connectivity index (χ3n) is 3.65. The van der Waals surface area contributed by atoms with Gasteiger partial charge in [0.25, 0.3) is 0 Å². The minimum atomic E-state index is -0.509. The second-order valence-corrected chi connectivity index (χ2v) is 7.35. The minimum Gasteiger partial charge on any atom is -0.488 e. The molecule has 6 heteroatoms. The maximum atomic E-state index is 12.1. The van der Waals surface area contributed by atoms with E-state index in [1.807, 2.05) is 26.8 Å². The maximum Gasteiger partial charge on any atom is 0.410 e. The average molecular weight is 354 g/mol. The third-order valence-corrected chi connectivity index (χ3v) is 3.89. The number of ether oxygens (including phenoxy) is 2. The lowest BCUT2D eigenvalue weighted by Gasteiger charge is -2.24. The Balaban J connectivity index is 1.99. The number of amides is 1. The van der Waals surface area contributed by atoms with Crippen LogP contribution >= 0.6 is 11.6 Å². The van der Waals surface area contributed by atoms with E-state index in [4.69, 9.17) is 21.1 Å². The van der Waals surface area contributed by atoms with Gasteiger partial charge in [0.2, 0.25) is 0 Å². The van der Waals surface area contributed by atoms with Crippen molar-refractivity contribution < 1.29 is 19.1 Å².